The zero-order valence-corrected chi connectivity index (χ0v) is 9.42. The SMILES string of the molecule is OC[C@@H]1O[C@@H](n2cnc3ncccc32)[C@@H](O)[C@@H]1O. The Kier molecular flexibility index (Phi) is 2.75. The van der Waals surface area contributed by atoms with E-state index in [1.165, 1.54) is 6.33 Å². The Morgan fingerprint density at radius 2 is 2.11 bits per heavy atom. The van der Waals surface area contributed by atoms with E-state index in [-0.39, 0.29) is 6.61 Å². The van der Waals surface area contributed by atoms with Gasteiger partial charge in [0.05, 0.1) is 18.5 Å². The molecule has 3 heterocycles. The molecule has 3 N–H and O–H groups in total. The van der Waals surface area contributed by atoms with Crippen LogP contribution >= 0.6 is 0 Å². The van der Waals surface area contributed by atoms with Crippen molar-refractivity contribution in [3.05, 3.63) is 24.7 Å². The molecule has 18 heavy (non-hydrogen) atoms. The number of nitrogens with zero attached hydrogens (tertiary/aromatic N) is 3. The second-order valence-electron chi connectivity index (χ2n) is 4.23. The number of hydrogen-bond acceptors (Lipinski definition) is 6. The Labute approximate surface area is 102 Å². The van der Waals surface area contributed by atoms with Crippen LogP contribution in [0.5, 0.6) is 0 Å². The van der Waals surface area contributed by atoms with Crippen molar-refractivity contribution in [3.63, 3.8) is 0 Å². The lowest BCUT2D eigenvalue weighted by atomic mass is 10.1. The molecule has 1 aliphatic rings. The highest BCUT2D eigenvalue weighted by Crippen LogP contribution is 2.31. The maximum atomic E-state index is 9.94. The van der Waals surface area contributed by atoms with Gasteiger partial charge in [-0.1, -0.05) is 0 Å². The zero-order chi connectivity index (χ0) is 12.7. The third kappa shape index (κ3) is 1.60. The van der Waals surface area contributed by atoms with Crippen molar-refractivity contribution < 1.29 is 20.1 Å². The van der Waals surface area contributed by atoms with Gasteiger partial charge in [-0.15, -0.1) is 0 Å². The van der Waals surface area contributed by atoms with Crippen molar-refractivity contribution in [2.24, 2.45) is 0 Å². The third-order valence-electron chi connectivity index (χ3n) is 3.14. The standard InChI is InChI=1S/C11H13N3O4/c15-4-7-8(16)9(17)11(18-7)14-5-13-10-6(14)2-1-3-12-10/h1-3,5,7-9,11,15-17H,4H2/t7-,8+,9-,11+/m0/s1. The van der Waals surface area contributed by atoms with E-state index in [4.69, 9.17) is 9.84 Å². The molecule has 0 aromatic carbocycles. The van der Waals surface area contributed by atoms with Crippen LogP contribution in [-0.2, 0) is 4.74 Å². The van der Waals surface area contributed by atoms with Crippen LogP contribution in [-0.4, -0.2) is 54.8 Å². The van der Waals surface area contributed by atoms with E-state index in [0.717, 1.165) is 0 Å². The number of pyridine rings is 1. The number of rotatable bonds is 2. The summed E-state index contributed by atoms with van der Waals surface area (Å²) < 4.78 is 7.04. The van der Waals surface area contributed by atoms with Gasteiger partial charge in [-0.2, -0.15) is 0 Å². The Hall–Kier alpha value is -1.54. The van der Waals surface area contributed by atoms with Crippen molar-refractivity contribution in [2.75, 3.05) is 6.61 Å². The normalized spacial score (nSPS) is 32.2. The first-order chi connectivity index (χ1) is 8.72. The zero-order valence-electron chi connectivity index (χ0n) is 9.42. The largest absolute Gasteiger partial charge is 0.394 e. The molecule has 0 saturated carbocycles. The number of imidazole rings is 1. The molecule has 0 amide bonds. The molecule has 2 aromatic heterocycles. The molecule has 0 radical (unpaired) electrons. The van der Waals surface area contributed by atoms with Crippen molar-refractivity contribution >= 4 is 11.2 Å². The number of fused-ring (bicyclic) bond motifs is 1. The van der Waals surface area contributed by atoms with Gasteiger partial charge in [0, 0.05) is 6.20 Å². The molecule has 1 fully saturated rings. The summed E-state index contributed by atoms with van der Waals surface area (Å²) in [6.45, 7) is -0.348. The van der Waals surface area contributed by atoms with Crippen molar-refractivity contribution in [3.8, 4) is 0 Å². The summed E-state index contributed by atoms with van der Waals surface area (Å²) in [5.74, 6) is 0. The minimum Gasteiger partial charge on any atom is -0.394 e. The van der Waals surface area contributed by atoms with Crippen LogP contribution in [0.1, 0.15) is 6.23 Å². The van der Waals surface area contributed by atoms with Gasteiger partial charge in [-0.05, 0) is 12.1 Å². The fraction of sp³-hybridized carbons (Fsp3) is 0.455. The molecule has 96 valence electrons. The Balaban J connectivity index is 2.00. The lowest BCUT2D eigenvalue weighted by Crippen LogP contribution is -2.33. The van der Waals surface area contributed by atoms with Gasteiger partial charge in [0.2, 0.25) is 0 Å². The summed E-state index contributed by atoms with van der Waals surface area (Å²) in [5, 5.41) is 28.7. The molecule has 1 saturated heterocycles. The van der Waals surface area contributed by atoms with E-state index in [1.54, 1.807) is 22.9 Å². The summed E-state index contributed by atoms with van der Waals surface area (Å²) in [5.41, 5.74) is 1.24. The molecule has 0 unspecified atom stereocenters. The van der Waals surface area contributed by atoms with E-state index < -0.39 is 24.5 Å². The number of aliphatic hydroxyl groups excluding tert-OH is 3. The first-order valence-electron chi connectivity index (χ1n) is 5.62. The fourth-order valence-electron chi connectivity index (χ4n) is 2.18. The minimum atomic E-state index is -1.12. The molecule has 0 aliphatic carbocycles. The average Bonchev–Trinajstić information content (AvgIpc) is 2.93. The van der Waals surface area contributed by atoms with Crippen LogP contribution in [0.3, 0.4) is 0 Å². The van der Waals surface area contributed by atoms with E-state index in [1.807, 2.05) is 0 Å². The second kappa shape index (κ2) is 4.29. The Bertz CT molecular complexity index is 558. The van der Waals surface area contributed by atoms with E-state index in [9.17, 15) is 10.2 Å². The van der Waals surface area contributed by atoms with Crippen LogP contribution in [0.15, 0.2) is 24.7 Å². The highest BCUT2D eigenvalue weighted by Gasteiger charge is 2.43. The predicted molar refractivity (Wildman–Crippen MR) is 60.5 cm³/mol. The van der Waals surface area contributed by atoms with Gasteiger partial charge < -0.3 is 20.1 Å². The van der Waals surface area contributed by atoms with Crippen molar-refractivity contribution in [1.82, 2.24) is 14.5 Å². The van der Waals surface area contributed by atoms with Crippen LogP contribution < -0.4 is 0 Å². The summed E-state index contributed by atoms with van der Waals surface area (Å²) >= 11 is 0. The van der Waals surface area contributed by atoms with Gasteiger partial charge in [-0.3, -0.25) is 4.57 Å². The van der Waals surface area contributed by atoms with Crippen LogP contribution in [0.25, 0.3) is 11.2 Å². The number of aliphatic hydroxyl groups is 3. The lowest BCUT2D eigenvalue weighted by Gasteiger charge is -2.16. The molecular formula is C11H13N3O4. The van der Waals surface area contributed by atoms with Crippen LogP contribution in [0.2, 0.25) is 0 Å². The summed E-state index contributed by atoms with van der Waals surface area (Å²) in [6, 6.07) is 3.55. The fourth-order valence-corrected chi connectivity index (χ4v) is 2.18. The number of hydrogen-bond donors (Lipinski definition) is 3. The number of aromatic nitrogens is 3. The Morgan fingerprint density at radius 3 is 2.83 bits per heavy atom. The second-order valence-corrected chi connectivity index (χ2v) is 4.23. The topological polar surface area (TPSA) is 101 Å². The van der Waals surface area contributed by atoms with Crippen LogP contribution in [0.4, 0.5) is 0 Å². The van der Waals surface area contributed by atoms with Gasteiger partial charge in [-0.25, -0.2) is 9.97 Å². The molecule has 3 rings (SSSR count). The van der Waals surface area contributed by atoms with E-state index >= 15 is 0 Å². The number of ether oxygens (including phenoxy) is 1. The average molecular weight is 251 g/mol. The van der Waals surface area contributed by atoms with Gasteiger partial charge in [0.25, 0.3) is 0 Å². The maximum Gasteiger partial charge on any atom is 0.177 e. The lowest BCUT2D eigenvalue weighted by molar-refractivity contribution is -0.0508. The maximum absolute atomic E-state index is 9.94. The molecule has 7 nitrogen and oxygen atoms in total. The summed E-state index contributed by atoms with van der Waals surface area (Å²) in [7, 11) is 0. The predicted octanol–water partition coefficient (Wildman–Crippen LogP) is -0.957. The van der Waals surface area contributed by atoms with Gasteiger partial charge >= 0.3 is 0 Å². The monoisotopic (exact) mass is 251 g/mol. The minimum absolute atomic E-state index is 0.348. The van der Waals surface area contributed by atoms with E-state index in [2.05, 4.69) is 9.97 Å². The highest BCUT2D eigenvalue weighted by molar-refractivity contribution is 5.70. The summed E-state index contributed by atoms with van der Waals surface area (Å²) in [4.78, 5) is 8.17. The molecule has 7 heteroatoms. The smallest absolute Gasteiger partial charge is 0.177 e. The van der Waals surface area contributed by atoms with Gasteiger partial charge in [0.1, 0.15) is 18.3 Å². The van der Waals surface area contributed by atoms with Crippen LogP contribution in [0, 0.1) is 0 Å². The van der Waals surface area contributed by atoms with Crippen molar-refractivity contribution in [1.29, 1.82) is 0 Å². The molecule has 4 atom stereocenters. The van der Waals surface area contributed by atoms with Crippen molar-refractivity contribution in [2.45, 2.75) is 24.5 Å². The Morgan fingerprint density at radius 1 is 1.28 bits per heavy atom. The first-order valence-corrected chi connectivity index (χ1v) is 5.62. The molecule has 2 aromatic rings. The summed E-state index contributed by atoms with van der Waals surface area (Å²) in [6.07, 6.45) is -0.672. The quantitative estimate of drug-likeness (QED) is 0.635. The molecule has 1 aliphatic heterocycles. The highest BCUT2D eigenvalue weighted by atomic mass is 16.6. The van der Waals surface area contributed by atoms with Gasteiger partial charge in [0.15, 0.2) is 11.9 Å². The molecule has 0 spiro atoms. The molecule has 0 bridgehead atoms. The third-order valence-corrected chi connectivity index (χ3v) is 3.14. The molecular weight excluding hydrogens is 238 g/mol. The van der Waals surface area contributed by atoms with E-state index in [0.29, 0.717) is 11.2 Å². The first kappa shape index (κ1) is 11.5.